The zero-order valence-electron chi connectivity index (χ0n) is 14.9. The number of nitrogens with zero attached hydrogens (tertiary/aromatic N) is 2. The second-order valence-corrected chi connectivity index (χ2v) is 6.75. The topological polar surface area (TPSA) is 54.5 Å². The van der Waals surface area contributed by atoms with Gasteiger partial charge >= 0.3 is 0 Å². The number of nitrogens with one attached hydrogen (secondary N) is 1. The first-order valence-electron chi connectivity index (χ1n) is 8.53. The number of aryl methyl sites for hydroxylation is 1. The maximum absolute atomic E-state index is 13.1. The second-order valence-electron chi connectivity index (χ2n) is 6.34. The molecule has 0 bridgehead atoms. The molecule has 4 rings (SSSR count). The second kappa shape index (κ2) is 6.93. The fourth-order valence-electron chi connectivity index (χ4n) is 3.21. The average Bonchev–Trinajstić information content (AvgIpc) is 2.96. The van der Waals surface area contributed by atoms with E-state index in [4.69, 9.17) is 16.3 Å². The summed E-state index contributed by atoms with van der Waals surface area (Å²) in [7, 11) is 1.61. The van der Waals surface area contributed by atoms with Crippen molar-refractivity contribution in [2.24, 2.45) is 0 Å². The summed E-state index contributed by atoms with van der Waals surface area (Å²) in [5.41, 5.74) is 3.82. The van der Waals surface area contributed by atoms with Crippen LogP contribution in [0.1, 0.15) is 27.8 Å². The molecule has 0 spiro atoms. The number of ether oxygens (including phenoxy) is 1. The van der Waals surface area contributed by atoms with E-state index in [0.717, 1.165) is 22.7 Å². The molecule has 0 fully saturated rings. The van der Waals surface area contributed by atoms with Gasteiger partial charge in [0.05, 0.1) is 29.1 Å². The average molecular weight is 380 g/mol. The van der Waals surface area contributed by atoms with Crippen molar-refractivity contribution in [3.8, 4) is 5.75 Å². The molecule has 1 aliphatic heterocycles. The fraction of sp³-hybridized carbons (Fsp3) is 0.143. The van der Waals surface area contributed by atoms with Gasteiger partial charge in [0.1, 0.15) is 5.75 Å². The van der Waals surface area contributed by atoms with E-state index < -0.39 is 6.17 Å². The van der Waals surface area contributed by atoms with Crippen molar-refractivity contribution >= 4 is 28.9 Å². The van der Waals surface area contributed by atoms with Crippen LogP contribution >= 0.6 is 11.6 Å². The van der Waals surface area contributed by atoms with E-state index >= 15 is 0 Å². The highest BCUT2D eigenvalue weighted by Gasteiger charge is 2.39. The van der Waals surface area contributed by atoms with Crippen molar-refractivity contribution < 1.29 is 9.53 Å². The van der Waals surface area contributed by atoms with Gasteiger partial charge in [0.15, 0.2) is 6.17 Å². The summed E-state index contributed by atoms with van der Waals surface area (Å²) in [4.78, 5) is 19.2. The molecule has 5 nitrogen and oxygen atoms in total. The molecule has 2 aromatic carbocycles. The van der Waals surface area contributed by atoms with Gasteiger partial charge in [-0.3, -0.25) is 14.7 Å². The third-order valence-corrected chi connectivity index (χ3v) is 4.89. The Labute approximate surface area is 162 Å². The van der Waals surface area contributed by atoms with Gasteiger partial charge in [-0.2, -0.15) is 0 Å². The van der Waals surface area contributed by atoms with Gasteiger partial charge in [0.2, 0.25) is 0 Å². The number of fused-ring (bicyclic) bond motifs is 1. The molecule has 0 aliphatic carbocycles. The molecule has 3 aromatic rings. The third kappa shape index (κ3) is 3.11. The van der Waals surface area contributed by atoms with Gasteiger partial charge < -0.3 is 10.1 Å². The Morgan fingerprint density at radius 3 is 2.63 bits per heavy atom. The Bertz CT molecular complexity index is 1000. The minimum absolute atomic E-state index is 0.107. The van der Waals surface area contributed by atoms with E-state index in [1.165, 1.54) is 0 Å². The minimum atomic E-state index is -0.456. The summed E-state index contributed by atoms with van der Waals surface area (Å²) < 4.78 is 5.22. The fourth-order valence-corrected chi connectivity index (χ4v) is 3.50. The lowest BCUT2D eigenvalue weighted by Crippen LogP contribution is -2.32. The van der Waals surface area contributed by atoms with Crippen LogP contribution in [0.4, 0.5) is 11.4 Å². The Kier molecular flexibility index (Phi) is 4.46. The number of amides is 1. The van der Waals surface area contributed by atoms with Crippen molar-refractivity contribution in [1.82, 2.24) is 4.98 Å². The Balaban J connectivity index is 1.77. The summed E-state index contributed by atoms with van der Waals surface area (Å²) >= 11 is 6.40. The molecule has 136 valence electrons. The number of rotatable bonds is 4. The molecule has 1 amide bonds. The number of hydrogen-bond acceptors (Lipinski definition) is 4. The van der Waals surface area contributed by atoms with Crippen molar-refractivity contribution in [1.29, 1.82) is 0 Å². The molecule has 27 heavy (non-hydrogen) atoms. The molecule has 1 atom stereocenters. The number of anilines is 2. The van der Waals surface area contributed by atoms with E-state index in [-0.39, 0.29) is 5.91 Å². The van der Waals surface area contributed by atoms with Crippen LogP contribution in [-0.2, 0) is 0 Å². The molecular formula is C21H18ClN3O2. The standard InChI is InChI=1S/C21H18ClN3O2/c1-13-5-10-18(17(22)12-13)24-20-19-16(4-3-11-23-19)21(26)25(20)14-6-8-15(27-2)9-7-14/h3-12,20,24H,1-2H3. The molecule has 0 saturated carbocycles. The smallest absolute Gasteiger partial charge is 0.262 e. The number of aromatic nitrogens is 1. The largest absolute Gasteiger partial charge is 0.497 e. The van der Waals surface area contributed by atoms with Gasteiger partial charge in [0.25, 0.3) is 5.91 Å². The molecular weight excluding hydrogens is 362 g/mol. The van der Waals surface area contributed by atoms with Crippen LogP contribution in [0.5, 0.6) is 5.75 Å². The van der Waals surface area contributed by atoms with E-state index in [0.29, 0.717) is 16.3 Å². The molecule has 2 heterocycles. The number of carbonyl (C=O) groups excluding carboxylic acids is 1. The van der Waals surface area contributed by atoms with Crippen molar-refractivity contribution in [2.45, 2.75) is 13.1 Å². The number of hydrogen-bond donors (Lipinski definition) is 1. The molecule has 1 aromatic heterocycles. The van der Waals surface area contributed by atoms with Crippen LogP contribution in [-0.4, -0.2) is 18.0 Å². The predicted octanol–water partition coefficient (Wildman–Crippen LogP) is 4.82. The molecule has 0 radical (unpaired) electrons. The molecule has 1 N–H and O–H groups in total. The van der Waals surface area contributed by atoms with E-state index in [2.05, 4.69) is 10.3 Å². The van der Waals surface area contributed by atoms with Gasteiger partial charge in [-0.1, -0.05) is 17.7 Å². The van der Waals surface area contributed by atoms with Crippen LogP contribution in [0.3, 0.4) is 0 Å². The van der Waals surface area contributed by atoms with Gasteiger partial charge in [-0.05, 0) is 61.0 Å². The van der Waals surface area contributed by atoms with Crippen molar-refractivity contribution in [2.75, 3.05) is 17.3 Å². The van der Waals surface area contributed by atoms with E-state index in [1.54, 1.807) is 30.3 Å². The third-order valence-electron chi connectivity index (χ3n) is 4.57. The first-order chi connectivity index (χ1) is 13.1. The van der Waals surface area contributed by atoms with Crippen molar-refractivity contribution in [3.05, 3.63) is 82.6 Å². The zero-order valence-corrected chi connectivity index (χ0v) is 15.7. The van der Waals surface area contributed by atoms with E-state index in [9.17, 15) is 4.79 Å². The molecule has 1 aliphatic rings. The lowest BCUT2D eigenvalue weighted by molar-refractivity contribution is 0.0993. The van der Waals surface area contributed by atoms with Crippen LogP contribution < -0.4 is 15.0 Å². The van der Waals surface area contributed by atoms with Gasteiger partial charge in [0, 0.05) is 11.9 Å². The predicted molar refractivity (Wildman–Crippen MR) is 107 cm³/mol. The number of carbonyl (C=O) groups is 1. The van der Waals surface area contributed by atoms with Crippen LogP contribution in [0.2, 0.25) is 5.02 Å². The summed E-state index contributed by atoms with van der Waals surface area (Å²) in [6, 6.07) is 16.7. The SMILES string of the molecule is COc1ccc(N2C(=O)c3cccnc3C2Nc2ccc(C)cc2Cl)cc1. The first kappa shape index (κ1) is 17.4. The lowest BCUT2D eigenvalue weighted by Gasteiger charge is -2.27. The summed E-state index contributed by atoms with van der Waals surface area (Å²) in [5.74, 6) is 0.621. The summed E-state index contributed by atoms with van der Waals surface area (Å²) in [6.45, 7) is 1.98. The van der Waals surface area contributed by atoms with E-state index in [1.807, 2.05) is 49.4 Å². The Morgan fingerprint density at radius 2 is 1.93 bits per heavy atom. The monoisotopic (exact) mass is 379 g/mol. The van der Waals surface area contributed by atoms with Crippen molar-refractivity contribution in [3.63, 3.8) is 0 Å². The highest BCUT2D eigenvalue weighted by molar-refractivity contribution is 6.33. The lowest BCUT2D eigenvalue weighted by atomic mass is 10.2. The quantitative estimate of drug-likeness (QED) is 0.705. The van der Waals surface area contributed by atoms with Crippen LogP contribution in [0.15, 0.2) is 60.8 Å². The molecule has 6 heteroatoms. The van der Waals surface area contributed by atoms with Gasteiger partial charge in [-0.15, -0.1) is 0 Å². The zero-order chi connectivity index (χ0) is 19.0. The summed E-state index contributed by atoms with van der Waals surface area (Å²) in [6.07, 6.45) is 1.23. The molecule has 0 saturated heterocycles. The first-order valence-corrected chi connectivity index (χ1v) is 8.91. The maximum Gasteiger partial charge on any atom is 0.262 e. The number of methoxy groups -OCH3 is 1. The highest BCUT2D eigenvalue weighted by Crippen LogP contribution is 2.38. The number of halogens is 1. The van der Waals surface area contributed by atoms with Crippen LogP contribution in [0.25, 0.3) is 0 Å². The number of benzene rings is 2. The molecule has 1 unspecified atom stereocenters. The Morgan fingerprint density at radius 1 is 1.15 bits per heavy atom. The normalized spacial score (nSPS) is 15.6. The Hall–Kier alpha value is -3.05. The van der Waals surface area contributed by atoms with Gasteiger partial charge in [-0.25, -0.2) is 0 Å². The summed E-state index contributed by atoms with van der Waals surface area (Å²) in [5, 5.41) is 3.98. The highest BCUT2D eigenvalue weighted by atomic mass is 35.5. The number of pyridine rings is 1. The minimum Gasteiger partial charge on any atom is -0.497 e. The maximum atomic E-state index is 13.1. The van der Waals surface area contributed by atoms with Crippen LogP contribution in [0, 0.1) is 6.92 Å².